The predicted octanol–water partition coefficient (Wildman–Crippen LogP) is 5.28. The summed E-state index contributed by atoms with van der Waals surface area (Å²) in [6, 6.07) is 24.8. The summed E-state index contributed by atoms with van der Waals surface area (Å²) in [5.41, 5.74) is 2.93. The first-order chi connectivity index (χ1) is 16.3. The third-order valence-corrected chi connectivity index (χ3v) is 4.93. The highest BCUT2D eigenvalue weighted by atomic mass is 16.5. The van der Waals surface area contributed by atoms with Gasteiger partial charge < -0.3 is 20.7 Å². The minimum atomic E-state index is -0.316. The monoisotopic (exact) mass is 459 g/mol. The molecule has 0 heterocycles. The van der Waals surface area contributed by atoms with Crippen molar-refractivity contribution in [2.24, 2.45) is 0 Å². The molecule has 2 amide bonds. The number of anilines is 2. The topological polar surface area (TPSA) is 79.5 Å². The lowest BCUT2D eigenvalue weighted by atomic mass is 10.1. The highest BCUT2D eigenvalue weighted by Crippen LogP contribution is 2.17. The Balaban J connectivity index is 1.41. The average molecular weight is 460 g/mol. The van der Waals surface area contributed by atoms with Crippen LogP contribution in [-0.4, -0.2) is 30.5 Å². The maximum atomic E-state index is 12.3. The van der Waals surface area contributed by atoms with Crippen molar-refractivity contribution in [3.8, 4) is 5.75 Å². The van der Waals surface area contributed by atoms with Crippen molar-refractivity contribution in [2.45, 2.75) is 39.2 Å². The SMILES string of the molecule is CC(C)(C)NC(=O)c1cccc(NCC(=O)Nc2ccc(OCCCc3ccccc3)cc2)c1. The van der Waals surface area contributed by atoms with Gasteiger partial charge in [-0.25, -0.2) is 0 Å². The van der Waals surface area contributed by atoms with E-state index >= 15 is 0 Å². The minimum absolute atomic E-state index is 0.0854. The van der Waals surface area contributed by atoms with E-state index in [1.165, 1.54) is 5.56 Å². The van der Waals surface area contributed by atoms with Crippen LogP contribution in [0.3, 0.4) is 0 Å². The van der Waals surface area contributed by atoms with Crippen molar-refractivity contribution in [1.82, 2.24) is 5.32 Å². The lowest BCUT2D eigenvalue weighted by molar-refractivity contribution is -0.114. The third kappa shape index (κ3) is 8.62. The summed E-state index contributed by atoms with van der Waals surface area (Å²) in [6.45, 7) is 6.52. The summed E-state index contributed by atoms with van der Waals surface area (Å²) in [5.74, 6) is 0.443. The zero-order valence-corrected chi connectivity index (χ0v) is 20.1. The van der Waals surface area contributed by atoms with E-state index in [2.05, 4.69) is 28.1 Å². The van der Waals surface area contributed by atoms with Crippen LogP contribution in [-0.2, 0) is 11.2 Å². The second-order valence-electron chi connectivity index (χ2n) is 9.15. The lowest BCUT2D eigenvalue weighted by Crippen LogP contribution is -2.40. The van der Waals surface area contributed by atoms with E-state index in [0.717, 1.165) is 18.6 Å². The molecular weight excluding hydrogens is 426 g/mol. The zero-order chi connectivity index (χ0) is 24.4. The van der Waals surface area contributed by atoms with Crippen LogP contribution in [0.4, 0.5) is 11.4 Å². The molecule has 0 aliphatic carbocycles. The number of ether oxygens (including phenoxy) is 1. The van der Waals surface area contributed by atoms with Gasteiger partial charge in [-0.15, -0.1) is 0 Å². The van der Waals surface area contributed by atoms with Crippen LogP contribution in [0, 0.1) is 0 Å². The second-order valence-corrected chi connectivity index (χ2v) is 9.15. The Hall–Kier alpha value is -3.80. The molecule has 0 saturated carbocycles. The van der Waals surface area contributed by atoms with Crippen molar-refractivity contribution < 1.29 is 14.3 Å². The molecule has 0 radical (unpaired) electrons. The summed E-state index contributed by atoms with van der Waals surface area (Å²) >= 11 is 0. The van der Waals surface area contributed by atoms with Gasteiger partial charge >= 0.3 is 0 Å². The Morgan fingerprint density at radius 2 is 1.59 bits per heavy atom. The molecule has 0 aromatic heterocycles. The molecule has 0 atom stereocenters. The second kappa shape index (κ2) is 11.9. The number of benzene rings is 3. The summed E-state index contributed by atoms with van der Waals surface area (Å²) in [7, 11) is 0. The van der Waals surface area contributed by atoms with Crippen molar-refractivity contribution in [1.29, 1.82) is 0 Å². The number of carbonyl (C=O) groups is 2. The first-order valence-electron chi connectivity index (χ1n) is 11.5. The van der Waals surface area contributed by atoms with Gasteiger partial charge in [-0.3, -0.25) is 9.59 Å². The van der Waals surface area contributed by atoms with Crippen LogP contribution in [0.2, 0.25) is 0 Å². The fraction of sp³-hybridized carbons (Fsp3) is 0.286. The van der Waals surface area contributed by atoms with Gasteiger partial charge in [0.2, 0.25) is 5.91 Å². The normalized spacial score (nSPS) is 10.9. The first kappa shape index (κ1) is 24.8. The molecule has 6 nitrogen and oxygen atoms in total. The maximum Gasteiger partial charge on any atom is 0.251 e. The van der Waals surface area contributed by atoms with E-state index in [4.69, 9.17) is 4.74 Å². The molecule has 3 aromatic rings. The largest absolute Gasteiger partial charge is 0.494 e. The standard InChI is InChI=1S/C28H33N3O3/c1-28(2,3)31-27(33)22-12-7-13-24(19-22)29-20-26(32)30-23-14-16-25(17-15-23)34-18-8-11-21-9-5-4-6-10-21/h4-7,9-10,12-17,19,29H,8,11,18,20H2,1-3H3,(H,30,32)(H,31,33). The molecule has 178 valence electrons. The third-order valence-electron chi connectivity index (χ3n) is 4.93. The van der Waals surface area contributed by atoms with E-state index in [1.807, 2.05) is 69.3 Å². The molecule has 34 heavy (non-hydrogen) atoms. The summed E-state index contributed by atoms with van der Waals surface area (Å²) in [6.07, 6.45) is 1.92. The van der Waals surface area contributed by atoms with Gasteiger partial charge in [0.1, 0.15) is 5.75 Å². The first-order valence-corrected chi connectivity index (χ1v) is 11.5. The number of amides is 2. The Morgan fingerprint density at radius 1 is 0.853 bits per heavy atom. The van der Waals surface area contributed by atoms with Gasteiger partial charge in [-0.1, -0.05) is 36.4 Å². The fourth-order valence-corrected chi connectivity index (χ4v) is 3.32. The smallest absolute Gasteiger partial charge is 0.251 e. The number of carbonyl (C=O) groups excluding carboxylic acids is 2. The molecule has 3 aromatic carbocycles. The van der Waals surface area contributed by atoms with E-state index < -0.39 is 0 Å². The van der Waals surface area contributed by atoms with Crippen LogP contribution in [0.25, 0.3) is 0 Å². The van der Waals surface area contributed by atoms with Crippen LogP contribution < -0.4 is 20.7 Å². The van der Waals surface area contributed by atoms with E-state index in [-0.39, 0.29) is 23.9 Å². The maximum absolute atomic E-state index is 12.3. The van der Waals surface area contributed by atoms with Crippen molar-refractivity contribution in [3.05, 3.63) is 90.0 Å². The van der Waals surface area contributed by atoms with Gasteiger partial charge in [-0.2, -0.15) is 0 Å². The highest BCUT2D eigenvalue weighted by Gasteiger charge is 2.15. The van der Waals surface area contributed by atoms with Gasteiger partial charge in [0.05, 0.1) is 13.2 Å². The van der Waals surface area contributed by atoms with Crippen molar-refractivity contribution >= 4 is 23.2 Å². The lowest BCUT2D eigenvalue weighted by Gasteiger charge is -2.20. The highest BCUT2D eigenvalue weighted by molar-refractivity contribution is 5.96. The molecule has 0 aliphatic rings. The van der Waals surface area contributed by atoms with Crippen molar-refractivity contribution in [2.75, 3.05) is 23.8 Å². The number of nitrogens with one attached hydrogen (secondary N) is 3. The van der Waals surface area contributed by atoms with Gasteiger partial charge in [0, 0.05) is 22.5 Å². The van der Waals surface area contributed by atoms with E-state index in [0.29, 0.717) is 23.5 Å². The molecular formula is C28H33N3O3. The van der Waals surface area contributed by atoms with E-state index in [9.17, 15) is 9.59 Å². The molecule has 0 fully saturated rings. The average Bonchev–Trinajstić information content (AvgIpc) is 2.81. The van der Waals surface area contributed by atoms with E-state index in [1.54, 1.807) is 18.2 Å². The van der Waals surface area contributed by atoms with Crippen LogP contribution in [0.5, 0.6) is 5.75 Å². The predicted molar refractivity (Wildman–Crippen MR) is 137 cm³/mol. The van der Waals surface area contributed by atoms with Crippen LogP contribution in [0.1, 0.15) is 43.1 Å². The number of rotatable bonds is 10. The number of hydrogen-bond donors (Lipinski definition) is 3. The molecule has 0 spiro atoms. The summed E-state index contributed by atoms with van der Waals surface area (Å²) in [5, 5.41) is 8.86. The van der Waals surface area contributed by atoms with Gasteiger partial charge in [-0.05, 0) is 81.6 Å². The number of hydrogen-bond acceptors (Lipinski definition) is 4. The Kier molecular flexibility index (Phi) is 8.68. The molecule has 3 N–H and O–H groups in total. The molecule has 0 aliphatic heterocycles. The van der Waals surface area contributed by atoms with Gasteiger partial charge in [0.25, 0.3) is 5.91 Å². The summed E-state index contributed by atoms with van der Waals surface area (Å²) in [4.78, 5) is 24.7. The number of aryl methyl sites for hydroxylation is 1. The molecule has 0 saturated heterocycles. The molecule has 0 bridgehead atoms. The Bertz CT molecular complexity index is 1070. The van der Waals surface area contributed by atoms with Crippen molar-refractivity contribution in [3.63, 3.8) is 0 Å². The fourth-order valence-electron chi connectivity index (χ4n) is 3.32. The minimum Gasteiger partial charge on any atom is -0.494 e. The Morgan fingerprint density at radius 3 is 2.29 bits per heavy atom. The zero-order valence-electron chi connectivity index (χ0n) is 20.1. The van der Waals surface area contributed by atoms with Gasteiger partial charge in [0.15, 0.2) is 0 Å². The molecule has 0 unspecified atom stereocenters. The quantitative estimate of drug-likeness (QED) is 0.361. The van der Waals surface area contributed by atoms with Crippen LogP contribution in [0.15, 0.2) is 78.9 Å². The molecule has 3 rings (SSSR count). The summed E-state index contributed by atoms with van der Waals surface area (Å²) < 4.78 is 5.80. The molecule has 6 heteroatoms. The Labute approximate surface area is 201 Å². The van der Waals surface area contributed by atoms with Crippen LogP contribution >= 0.6 is 0 Å².